The average molecular weight is 240 g/mol. The summed E-state index contributed by atoms with van der Waals surface area (Å²) < 4.78 is 37.6. The zero-order valence-electron chi connectivity index (χ0n) is 8.55. The molecule has 2 nitrogen and oxygen atoms in total. The molecule has 0 aromatic carbocycles. The summed E-state index contributed by atoms with van der Waals surface area (Å²) in [5.41, 5.74) is 5.12. The summed E-state index contributed by atoms with van der Waals surface area (Å²) in [6.07, 6.45) is -1.29. The minimum atomic E-state index is -4.33. The van der Waals surface area contributed by atoms with Crippen LogP contribution in [0.1, 0.15) is 19.3 Å². The number of rotatable bonds is 4. The number of thiocarbonyl (C=S) groups is 1. The monoisotopic (exact) mass is 240 g/mol. The van der Waals surface area contributed by atoms with Gasteiger partial charge in [-0.05, 0) is 19.9 Å². The Morgan fingerprint density at radius 1 is 1.53 bits per heavy atom. The molecular weight excluding hydrogens is 225 g/mol. The molecule has 0 amide bonds. The van der Waals surface area contributed by atoms with E-state index in [-0.39, 0.29) is 12.6 Å². The summed E-state index contributed by atoms with van der Waals surface area (Å²) >= 11 is 4.46. The van der Waals surface area contributed by atoms with E-state index in [1.807, 2.05) is 0 Å². The minimum absolute atomic E-state index is 0.122. The normalized spacial score (nSPS) is 20.1. The van der Waals surface area contributed by atoms with Crippen molar-refractivity contribution in [2.45, 2.75) is 31.5 Å². The predicted octanol–water partition coefficient (Wildman–Crippen LogP) is 1.94. The lowest BCUT2D eigenvalue weighted by molar-refractivity contribution is -0.160. The van der Waals surface area contributed by atoms with Gasteiger partial charge < -0.3 is 10.6 Å². The van der Waals surface area contributed by atoms with Gasteiger partial charge in [0.05, 0.1) is 4.99 Å². The van der Waals surface area contributed by atoms with Crippen molar-refractivity contribution in [2.24, 2.45) is 11.7 Å². The predicted molar refractivity (Wildman–Crippen MR) is 56.6 cm³/mol. The number of hydrogen-bond acceptors (Lipinski definition) is 2. The smallest absolute Gasteiger partial charge is 0.393 e. The van der Waals surface area contributed by atoms with Crippen LogP contribution in [0.2, 0.25) is 0 Å². The lowest BCUT2D eigenvalue weighted by Gasteiger charge is -2.36. The Labute approximate surface area is 92.6 Å². The second-order valence-electron chi connectivity index (χ2n) is 4.02. The van der Waals surface area contributed by atoms with Crippen LogP contribution in [-0.4, -0.2) is 35.7 Å². The van der Waals surface area contributed by atoms with Crippen molar-refractivity contribution in [1.82, 2.24) is 4.90 Å². The first kappa shape index (κ1) is 12.7. The molecule has 0 heterocycles. The quantitative estimate of drug-likeness (QED) is 0.761. The number of nitrogens with two attached hydrogens (primary N) is 1. The fourth-order valence-corrected chi connectivity index (χ4v) is 1.83. The van der Waals surface area contributed by atoms with Crippen LogP contribution in [0.3, 0.4) is 0 Å². The zero-order valence-corrected chi connectivity index (χ0v) is 9.37. The van der Waals surface area contributed by atoms with Gasteiger partial charge in [-0.1, -0.05) is 18.6 Å². The lowest BCUT2D eigenvalue weighted by atomic mass is 9.91. The van der Waals surface area contributed by atoms with Gasteiger partial charge in [0.25, 0.3) is 0 Å². The fourth-order valence-electron chi connectivity index (χ4n) is 1.62. The molecule has 2 N–H and O–H groups in total. The van der Waals surface area contributed by atoms with E-state index in [1.165, 1.54) is 0 Å². The third-order valence-electron chi connectivity index (χ3n) is 2.91. The van der Waals surface area contributed by atoms with Crippen LogP contribution >= 0.6 is 12.2 Å². The minimum Gasteiger partial charge on any atom is -0.393 e. The first-order valence-corrected chi connectivity index (χ1v) is 5.29. The second-order valence-corrected chi connectivity index (χ2v) is 4.49. The summed E-state index contributed by atoms with van der Waals surface area (Å²) in [6.45, 7) is -0.122. The molecule has 0 aliphatic heterocycles. The van der Waals surface area contributed by atoms with Crippen molar-refractivity contribution >= 4 is 17.2 Å². The molecule has 1 unspecified atom stereocenters. The van der Waals surface area contributed by atoms with Crippen LogP contribution in [0.25, 0.3) is 0 Å². The lowest BCUT2D eigenvalue weighted by Crippen LogP contribution is -2.47. The van der Waals surface area contributed by atoms with E-state index in [1.54, 1.807) is 11.9 Å². The van der Waals surface area contributed by atoms with E-state index < -0.39 is 17.1 Å². The fraction of sp³-hybridized carbons (Fsp3) is 0.889. The van der Waals surface area contributed by atoms with Crippen molar-refractivity contribution in [1.29, 1.82) is 0 Å². The van der Waals surface area contributed by atoms with Crippen LogP contribution in [0, 0.1) is 5.92 Å². The van der Waals surface area contributed by atoms with Crippen LogP contribution in [0.15, 0.2) is 0 Å². The van der Waals surface area contributed by atoms with E-state index in [9.17, 15) is 13.2 Å². The molecule has 1 rings (SSSR count). The van der Waals surface area contributed by atoms with Gasteiger partial charge in [0.1, 0.15) is 5.92 Å². The molecule has 0 aromatic heterocycles. The van der Waals surface area contributed by atoms with Gasteiger partial charge in [0.15, 0.2) is 0 Å². The summed E-state index contributed by atoms with van der Waals surface area (Å²) in [5, 5.41) is 0. The Kier molecular flexibility index (Phi) is 3.94. The maximum absolute atomic E-state index is 12.5. The standard InChI is InChI=1S/C9H15F3N2S/c1-14(6-3-2-4-6)5-7(8(13)15)9(10,11)12/h6-7H,2-5H2,1H3,(H2,13,15). The van der Waals surface area contributed by atoms with E-state index in [0.717, 1.165) is 19.3 Å². The first-order chi connectivity index (χ1) is 6.82. The third kappa shape index (κ3) is 3.31. The van der Waals surface area contributed by atoms with Gasteiger partial charge in [-0.15, -0.1) is 0 Å². The van der Waals surface area contributed by atoms with Crippen LogP contribution in [0.5, 0.6) is 0 Å². The van der Waals surface area contributed by atoms with Crippen molar-refractivity contribution in [3.05, 3.63) is 0 Å². The SMILES string of the molecule is CN(CC(C(N)=S)C(F)(F)F)C1CCC1. The molecule has 15 heavy (non-hydrogen) atoms. The summed E-state index contributed by atoms with van der Waals surface area (Å²) in [5.74, 6) is -1.68. The highest BCUT2D eigenvalue weighted by Crippen LogP contribution is 2.30. The van der Waals surface area contributed by atoms with Crippen molar-refractivity contribution in [3.63, 3.8) is 0 Å². The van der Waals surface area contributed by atoms with Gasteiger partial charge >= 0.3 is 6.18 Å². The van der Waals surface area contributed by atoms with Gasteiger partial charge in [0, 0.05) is 12.6 Å². The Morgan fingerprint density at radius 3 is 2.33 bits per heavy atom. The molecule has 0 bridgehead atoms. The Bertz CT molecular complexity index is 238. The molecule has 1 atom stereocenters. The van der Waals surface area contributed by atoms with E-state index in [2.05, 4.69) is 12.2 Å². The van der Waals surface area contributed by atoms with E-state index >= 15 is 0 Å². The van der Waals surface area contributed by atoms with Crippen molar-refractivity contribution in [2.75, 3.05) is 13.6 Å². The van der Waals surface area contributed by atoms with Crippen molar-refractivity contribution in [3.8, 4) is 0 Å². The van der Waals surface area contributed by atoms with Gasteiger partial charge in [-0.3, -0.25) is 0 Å². The molecule has 0 aromatic rings. The number of alkyl halides is 3. The molecule has 1 aliphatic rings. The zero-order chi connectivity index (χ0) is 11.6. The second kappa shape index (κ2) is 4.65. The molecular formula is C9H15F3N2S. The maximum Gasteiger partial charge on any atom is 0.399 e. The van der Waals surface area contributed by atoms with Crippen molar-refractivity contribution < 1.29 is 13.2 Å². The molecule has 1 saturated carbocycles. The Hall–Kier alpha value is -0.360. The highest BCUT2D eigenvalue weighted by atomic mass is 32.1. The molecule has 1 aliphatic carbocycles. The largest absolute Gasteiger partial charge is 0.399 e. The maximum atomic E-state index is 12.5. The third-order valence-corrected chi connectivity index (χ3v) is 3.19. The molecule has 0 radical (unpaired) electrons. The summed E-state index contributed by atoms with van der Waals surface area (Å²) in [4.78, 5) is 1.24. The topological polar surface area (TPSA) is 29.3 Å². The summed E-state index contributed by atoms with van der Waals surface area (Å²) in [7, 11) is 1.70. The van der Waals surface area contributed by atoms with Gasteiger partial charge in [-0.25, -0.2) is 0 Å². The van der Waals surface area contributed by atoms with Gasteiger partial charge in [0.2, 0.25) is 0 Å². The van der Waals surface area contributed by atoms with E-state index in [0.29, 0.717) is 0 Å². The van der Waals surface area contributed by atoms with E-state index in [4.69, 9.17) is 5.73 Å². The van der Waals surface area contributed by atoms with Crippen LogP contribution in [-0.2, 0) is 0 Å². The highest BCUT2D eigenvalue weighted by Gasteiger charge is 2.43. The highest BCUT2D eigenvalue weighted by molar-refractivity contribution is 7.80. The van der Waals surface area contributed by atoms with Crippen LogP contribution < -0.4 is 5.73 Å². The molecule has 1 fully saturated rings. The molecule has 6 heteroatoms. The van der Waals surface area contributed by atoms with Crippen LogP contribution in [0.4, 0.5) is 13.2 Å². The molecule has 88 valence electrons. The first-order valence-electron chi connectivity index (χ1n) is 4.88. The Balaban J connectivity index is 2.54. The number of hydrogen-bond donors (Lipinski definition) is 1. The molecule has 0 saturated heterocycles. The Morgan fingerprint density at radius 2 is 2.07 bits per heavy atom. The number of nitrogens with zero attached hydrogens (tertiary/aromatic N) is 1. The summed E-state index contributed by atoms with van der Waals surface area (Å²) in [6, 6.07) is 0.268. The molecule has 0 spiro atoms. The average Bonchev–Trinajstić information content (AvgIpc) is 1.93. The number of halogens is 3. The van der Waals surface area contributed by atoms with Gasteiger partial charge in [-0.2, -0.15) is 13.2 Å².